The molecule has 0 unspecified atom stereocenters. The third-order valence-corrected chi connectivity index (χ3v) is 3.85. The minimum Gasteiger partial charge on any atom is -0.439 e. The van der Waals surface area contributed by atoms with Crippen molar-refractivity contribution in [3.8, 4) is 0 Å². The number of anilines is 1. The molecule has 0 saturated carbocycles. The van der Waals surface area contributed by atoms with E-state index in [1.807, 2.05) is 22.6 Å². The molecule has 0 radical (unpaired) electrons. The second-order valence-electron chi connectivity index (χ2n) is 4.91. The summed E-state index contributed by atoms with van der Waals surface area (Å²) in [5.74, 6) is -0.576. The molecule has 2 amide bonds. The molecule has 108 valence electrons. The number of amides is 2. The normalized spacial score (nSPS) is 21.8. The average molecular weight is 392 g/mol. The minimum absolute atomic E-state index is 0.193. The van der Waals surface area contributed by atoms with Crippen LogP contribution >= 0.6 is 22.6 Å². The first-order valence-corrected chi connectivity index (χ1v) is 7.09. The molecule has 1 atom stereocenters. The Morgan fingerprint density at radius 3 is 2.90 bits per heavy atom. The van der Waals surface area contributed by atoms with Crippen LogP contribution in [0.1, 0.15) is 13.8 Å². The maximum atomic E-state index is 13.6. The first-order valence-electron chi connectivity index (χ1n) is 6.01. The number of cyclic esters (lactones) is 1. The molecule has 1 saturated heterocycles. The summed E-state index contributed by atoms with van der Waals surface area (Å²) in [5.41, 5.74) is -0.373. The summed E-state index contributed by atoms with van der Waals surface area (Å²) in [4.78, 5) is 24.2. The lowest BCUT2D eigenvalue weighted by atomic mass is 10.1. The molecule has 0 aromatic heterocycles. The molecule has 0 bridgehead atoms. The lowest BCUT2D eigenvalue weighted by Gasteiger charge is -2.21. The van der Waals surface area contributed by atoms with Gasteiger partial charge in [0.15, 0.2) is 0 Å². The number of benzene rings is 1. The van der Waals surface area contributed by atoms with Gasteiger partial charge in [-0.05, 0) is 47.7 Å². The standard InChI is InChI=1S/C13H14FIN2O3/c1-8(18)16-6-13(2)7-17(12(19)20-13)9-3-4-11(15)10(14)5-9/h3-5H,6-7H2,1-2H3,(H,16,18)/t13-/m0/s1. The molecule has 1 aromatic carbocycles. The van der Waals surface area contributed by atoms with Crippen LogP contribution in [0.25, 0.3) is 0 Å². The van der Waals surface area contributed by atoms with Crippen molar-refractivity contribution in [3.63, 3.8) is 0 Å². The predicted molar refractivity (Wildman–Crippen MR) is 80.0 cm³/mol. The molecule has 20 heavy (non-hydrogen) atoms. The van der Waals surface area contributed by atoms with E-state index in [1.54, 1.807) is 19.1 Å². The SMILES string of the molecule is CC(=O)NC[C@@]1(C)CN(c2ccc(I)c(F)c2)C(=O)O1. The van der Waals surface area contributed by atoms with Gasteiger partial charge in [0.05, 0.1) is 18.8 Å². The number of nitrogens with one attached hydrogen (secondary N) is 1. The molecule has 0 spiro atoms. The second-order valence-corrected chi connectivity index (χ2v) is 6.07. The van der Waals surface area contributed by atoms with Gasteiger partial charge < -0.3 is 10.1 Å². The highest BCUT2D eigenvalue weighted by Gasteiger charge is 2.42. The van der Waals surface area contributed by atoms with Crippen LogP contribution in [0.4, 0.5) is 14.9 Å². The molecule has 0 aliphatic carbocycles. The van der Waals surface area contributed by atoms with Gasteiger partial charge in [-0.15, -0.1) is 0 Å². The number of nitrogens with zero attached hydrogens (tertiary/aromatic N) is 1. The topological polar surface area (TPSA) is 58.6 Å². The summed E-state index contributed by atoms with van der Waals surface area (Å²) in [6.07, 6.45) is -0.543. The fourth-order valence-electron chi connectivity index (χ4n) is 1.95. The minimum atomic E-state index is -0.817. The fourth-order valence-corrected chi connectivity index (χ4v) is 2.29. The average Bonchev–Trinajstić information content (AvgIpc) is 2.67. The van der Waals surface area contributed by atoms with Crippen molar-refractivity contribution in [3.05, 3.63) is 27.6 Å². The second kappa shape index (κ2) is 5.55. The van der Waals surface area contributed by atoms with Crippen LogP contribution in [0.3, 0.4) is 0 Å². The van der Waals surface area contributed by atoms with E-state index in [2.05, 4.69) is 5.32 Å². The van der Waals surface area contributed by atoms with Gasteiger partial charge in [0.1, 0.15) is 11.4 Å². The van der Waals surface area contributed by atoms with Gasteiger partial charge in [-0.25, -0.2) is 9.18 Å². The summed E-state index contributed by atoms with van der Waals surface area (Å²) >= 11 is 1.88. The van der Waals surface area contributed by atoms with E-state index in [1.165, 1.54) is 17.9 Å². The maximum absolute atomic E-state index is 13.6. The third-order valence-electron chi connectivity index (χ3n) is 2.97. The summed E-state index contributed by atoms with van der Waals surface area (Å²) in [6, 6.07) is 4.56. The van der Waals surface area contributed by atoms with Crippen molar-refractivity contribution in [2.24, 2.45) is 0 Å². The smallest absolute Gasteiger partial charge is 0.415 e. The largest absolute Gasteiger partial charge is 0.439 e. The van der Waals surface area contributed by atoms with Crippen molar-refractivity contribution in [1.82, 2.24) is 5.32 Å². The van der Waals surface area contributed by atoms with E-state index in [4.69, 9.17) is 4.74 Å². The van der Waals surface area contributed by atoms with Crippen molar-refractivity contribution in [1.29, 1.82) is 0 Å². The quantitative estimate of drug-likeness (QED) is 0.804. The lowest BCUT2D eigenvalue weighted by Crippen LogP contribution is -2.43. The van der Waals surface area contributed by atoms with E-state index < -0.39 is 11.7 Å². The van der Waals surface area contributed by atoms with Crippen molar-refractivity contribution < 1.29 is 18.7 Å². The Balaban J connectivity index is 2.16. The van der Waals surface area contributed by atoms with Crippen LogP contribution in [0.2, 0.25) is 0 Å². The van der Waals surface area contributed by atoms with Gasteiger partial charge in [0.25, 0.3) is 0 Å². The zero-order chi connectivity index (χ0) is 14.9. The summed E-state index contributed by atoms with van der Waals surface area (Å²) in [6.45, 7) is 3.60. The Morgan fingerprint density at radius 1 is 1.60 bits per heavy atom. The molecule has 1 N–H and O–H groups in total. The molecule has 5 nitrogen and oxygen atoms in total. The molecule has 1 aromatic rings. The lowest BCUT2D eigenvalue weighted by molar-refractivity contribution is -0.119. The van der Waals surface area contributed by atoms with E-state index in [9.17, 15) is 14.0 Å². The highest BCUT2D eigenvalue weighted by molar-refractivity contribution is 14.1. The van der Waals surface area contributed by atoms with E-state index >= 15 is 0 Å². The van der Waals surface area contributed by atoms with Crippen LogP contribution in [-0.4, -0.2) is 30.7 Å². The van der Waals surface area contributed by atoms with Gasteiger partial charge in [-0.1, -0.05) is 0 Å². The summed E-state index contributed by atoms with van der Waals surface area (Å²) in [7, 11) is 0. The van der Waals surface area contributed by atoms with E-state index in [0.717, 1.165) is 0 Å². The number of carbonyl (C=O) groups excluding carboxylic acids is 2. The van der Waals surface area contributed by atoms with Gasteiger partial charge in [-0.2, -0.15) is 0 Å². The zero-order valence-electron chi connectivity index (χ0n) is 11.1. The van der Waals surface area contributed by atoms with E-state index in [0.29, 0.717) is 9.26 Å². The molecular weight excluding hydrogens is 378 g/mol. The fraction of sp³-hybridized carbons (Fsp3) is 0.385. The van der Waals surface area contributed by atoms with Crippen LogP contribution < -0.4 is 10.2 Å². The Labute approximate surface area is 129 Å². The Morgan fingerprint density at radius 2 is 2.30 bits per heavy atom. The monoisotopic (exact) mass is 392 g/mol. The number of ether oxygens (including phenoxy) is 1. The highest BCUT2D eigenvalue weighted by Crippen LogP contribution is 2.29. The van der Waals surface area contributed by atoms with Crippen molar-refractivity contribution >= 4 is 40.3 Å². The van der Waals surface area contributed by atoms with Gasteiger partial charge in [0, 0.05) is 10.5 Å². The van der Waals surface area contributed by atoms with Crippen molar-refractivity contribution in [2.45, 2.75) is 19.4 Å². The maximum Gasteiger partial charge on any atom is 0.415 e. The predicted octanol–water partition coefficient (Wildman–Crippen LogP) is 2.28. The number of rotatable bonds is 3. The Kier molecular flexibility index (Phi) is 4.17. The van der Waals surface area contributed by atoms with Crippen LogP contribution in [0.15, 0.2) is 18.2 Å². The molecular formula is C13H14FIN2O3. The molecule has 1 heterocycles. The third kappa shape index (κ3) is 3.20. The van der Waals surface area contributed by atoms with Gasteiger partial charge >= 0.3 is 6.09 Å². The number of hydrogen-bond acceptors (Lipinski definition) is 3. The van der Waals surface area contributed by atoms with Crippen molar-refractivity contribution in [2.75, 3.05) is 18.0 Å². The summed E-state index contributed by atoms with van der Waals surface area (Å²) < 4.78 is 19.3. The number of halogens is 2. The first kappa shape index (κ1) is 15.0. The summed E-state index contributed by atoms with van der Waals surface area (Å²) in [5, 5.41) is 2.62. The highest BCUT2D eigenvalue weighted by atomic mass is 127. The number of carbonyl (C=O) groups is 2. The molecule has 2 rings (SSSR count). The number of hydrogen-bond donors (Lipinski definition) is 1. The molecule has 1 aliphatic heterocycles. The Hall–Kier alpha value is -1.38. The van der Waals surface area contributed by atoms with Gasteiger partial charge in [0.2, 0.25) is 5.91 Å². The van der Waals surface area contributed by atoms with Gasteiger partial charge in [-0.3, -0.25) is 9.69 Å². The van der Waals surface area contributed by atoms with Crippen LogP contribution in [-0.2, 0) is 9.53 Å². The first-order chi connectivity index (χ1) is 9.31. The molecule has 7 heteroatoms. The molecule has 1 aliphatic rings. The van der Waals surface area contributed by atoms with Crippen LogP contribution in [0, 0.1) is 9.39 Å². The van der Waals surface area contributed by atoms with Crippen LogP contribution in [0.5, 0.6) is 0 Å². The Bertz CT molecular complexity index is 567. The molecule has 1 fully saturated rings. The van der Waals surface area contributed by atoms with E-state index in [-0.39, 0.29) is 24.8 Å². The zero-order valence-corrected chi connectivity index (χ0v) is 13.2.